The third-order valence-electron chi connectivity index (χ3n) is 3.14. The molecule has 1 atom stereocenters. The molecule has 0 aliphatic carbocycles. The van der Waals surface area contributed by atoms with Gasteiger partial charge in [-0.25, -0.2) is 0 Å². The van der Waals surface area contributed by atoms with Crippen LogP contribution in [0.25, 0.3) is 11.5 Å². The van der Waals surface area contributed by atoms with Gasteiger partial charge in [0.25, 0.3) is 0 Å². The summed E-state index contributed by atoms with van der Waals surface area (Å²) in [6.07, 6.45) is 5.30. The maximum Gasteiger partial charge on any atom is 0.322 e. The normalized spacial score (nSPS) is 12.5. The van der Waals surface area contributed by atoms with E-state index in [1.165, 1.54) is 0 Å². The summed E-state index contributed by atoms with van der Waals surface area (Å²) >= 11 is 0. The van der Waals surface area contributed by atoms with Crippen molar-refractivity contribution in [2.75, 3.05) is 5.32 Å². The van der Waals surface area contributed by atoms with Crippen LogP contribution < -0.4 is 5.32 Å². The number of hydrogen-bond acceptors (Lipinski definition) is 6. The lowest BCUT2D eigenvalue weighted by atomic mass is 10.1. The van der Waals surface area contributed by atoms with E-state index in [9.17, 15) is 0 Å². The molecule has 3 aromatic heterocycles. The summed E-state index contributed by atoms with van der Waals surface area (Å²) in [4.78, 5) is 4.29. The van der Waals surface area contributed by atoms with Crippen molar-refractivity contribution in [1.82, 2.24) is 19.9 Å². The lowest BCUT2D eigenvalue weighted by Crippen LogP contribution is -2.16. The molecule has 1 N–H and O–H groups in total. The molecule has 0 unspecified atom stereocenters. The molecule has 3 rings (SSSR count). The Hall–Kier alpha value is -2.57. The van der Waals surface area contributed by atoms with E-state index in [1.54, 1.807) is 10.9 Å². The molecule has 7 nitrogen and oxygen atoms in total. The Morgan fingerprint density at radius 3 is 3.00 bits per heavy atom. The molecule has 0 aromatic carbocycles. The first-order chi connectivity index (χ1) is 10.2. The van der Waals surface area contributed by atoms with Crippen LogP contribution in [0.1, 0.15) is 19.1 Å². The third kappa shape index (κ3) is 3.31. The predicted molar refractivity (Wildman–Crippen MR) is 76.6 cm³/mol. The average Bonchev–Trinajstić information content (AvgIpc) is 3.17. The molecule has 0 spiro atoms. The predicted octanol–water partition coefficient (Wildman–Crippen LogP) is 2.50. The monoisotopic (exact) mass is 287 g/mol. The molecule has 3 aromatic rings. The number of hydrogen-bond donors (Lipinski definition) is 1. The van der Waals surface area contributed by atoms with Crippen molar-refractivity contribution in [3.63, 3.8) is 0 Å². The number of anilines is 1. The maximum absolute atomic E-state index is 5.31. The molecule has 0 saturated heterocycles. The molecule has 0 bridgehead atoms. The second-order valence-electron chi connectivity index (χ2n) is 4.96. The van der Waals surface area contributed by atoms with Gasteiger partial charge in [0.1, 0.15) is 11.5 Å². The highest BCUT2D eigenvalue weighted by molar-refractivity contribution is 5.48. The fraction of sp³-hybridized carbons (Fsp3) is 0.357. The summed E-state index contributed by atoms with van der Waals surface area (Å²) in [6, 6.07) is 6.31. The summed E-state index contributed by atoms with van der Waals surface area (Å²) in [6.45, 7) is 2.06. The van der Waals surface area contributed by atoms with Gasteiger partial charge in [-0.1, -0.05) is 5.16 Å². The van der Waals surface area contributed by atoms with Crippen LogP contribution >= 0.6 is 0 Å². The number of rotatable bonds is 6. The van der Waals surface area contributed by atoms with E-state index in [4.69, 9.17) is 8.94 Å². The first kappa shape index (κ1) is 13.4. The molecule has 21 heavy (non-hydrogen) atoms. The Labute approximate surface area is 122 Å². The van der Waals surface area contributed by atoms with Gasteiger partial charge in [0.2, 0.25) is 5.82 Å². The van der Waals surface area contributed by atoms with Crippen molar-refractivity contribution in [2.24, 2.45) is 7.05 Å². The second kappa shape index (κ2) is 5.82. The Balaban J connectivity index is 1.56. The molecule has 0 aliphatic rings. The molecular formula is C14H17N5O2. The quantitative estimate of drug-likeness (QED) is 0.750. The van der Waals surface area contributed by atoms with E-state index in [2.05, 4.69) is 27.5 Å². The summed E-state index contributed by atoms with van der Waals surface area (Å²) in [5, 5.41) is 11.3. The number of nitrogens with zero attached hydrogens (tertiary/aromatic N) is 4. The van der Waals surface area contributed by atoms with Gasteiger partial charge in [-0.15, -0.1) is 0 Å². The Bertz CT molecular complexity index is 686. The van der Waals surface area contributed by atoms with E-state index in [-0.39, 0.29) is 6.04 Å². The fourth-order valence-corrected chi connectivity index (χ4v) is 2.02. The van der Waals surface area contributed by atoms with Crippen LogP contribution in [-0.4, -0.2) is 26.0 Å². The van der Waals surface area contributed by atoms with Gasteiger partial charge in [-0.05, 0) is 31.5 Å². The van der Waals surface area contributed by atoms with E-state index in [0.717, 1.165) is 18.6 Å². The van der Waals surface area contributed by atoms with Crippen LogP contribution in [0.5, 0.6) is 0 Å². The van der Waals surface area contributed by atoms with Crippen molar-refractivity contribution in [2.45, 2.75) is 25.8 Å². The number of aromatic nitrogens is 4. The van der Waals surface area contributed by atoms with Gasteiger partial charge in [0.05, 0.1) is 6.26 Å². The summed E-state index contributed by atoms with van der Waals surface area (Å²) < 4.78 is 12.2. The van der Waals surface area contributed by atoms with Gasteiger partial charge < -0.3 is 14.3 Å². The molecule has 110 valence electrons. The fourth-order valence-electron chi connectivity index (χ4n) is 2.02. The van der Waals surface area contributed by atoms with Crippen molar-refractivity contribution in [3.8, 4) is 11.5 Å². The molecule has 7 heteroatoms. The third-order valence-corrected chi connectivity index (χ3v) is 3.14. The lowest BCUT2D eigenvalue weighted by Gasteiger charge is -2.09. The van der Waals surface area contributed by atoms with E-state index in [1.807, 2.05) is 31.4 Å². The van der Waals surface area contributed by atoms with Crippen molar-refractivity contribution >= 4 is 6.01 Å². The van der Waals surface area contributed by atoms with Crippen LogP contribution in [0.2, 0.25) is 0 Å². The highest BCUT2D eigenvalue weighted by Gasteiger charge is 2.13. The summed E-state index contributed by atoms with van der Waals surface area (Å²) in [7, 11) is 1.85. The number of furan rings is 1. The van der Waals surface area contributed by atoms with Crippen LogP contribution in [-0.2, 0) is 13.5 Å². The molecule has 0 amide bonds. The minimum Gasteiger partial charge on any atom is -0.469 e. The average molecular weight is 287 g/mol. The van der Waals surface area contributed by atoms with Gasteiger partial charge >= 0.3 is 6.01 Å². The van der Waals surface area contributed by atoms with Crippen LogP contribution in [0, 0.1) is 0 Å². The zero-order chi connectivity index (χ0) is 14.7. The van der Waals surface area contributed by atoms with Crippen LogP contribution in [0.3, 0.4) is 0 Å². The smallest absolute Gasteiger partial charge is 0.322 e. The minimum absolute atomic E-state index is 0.201. The van der Waals surface area contributed by atoms with E-state index < -0.39 is 0 Å². The van der Waals surface area contributed by atoms with Gasteiger partial charge in [-0.3, -0.25) is 4.68 Å². The minimum atomic E-state index is 0.201. The van der Waals surface area contributed by atoms with Gasteiger partial charge in [-0.2, -0.15) is 10.1 Å². The van der Waals surface area contributed by atoms with Crippen molar-refractivity contribution < 1.29 is 8.94 Å². The Morgan fingerprint density at radius 1 is 1.38 bits per heavy atom. The molecular weight excluding hydrogens is 270 g/mol. The second-order valence-corrected chi connectivity index (χ2v) is 4.96. The topological polar surface area (TPSA) is 81.9 Å². The zero-order valence-corrected chi connectivity index (χ0v) is 12.0. The van der Waals surface area contributed by atoms with Crippen LogP contribution in [0.15, 0.2) is 39.6 Å². The standard InChI is InChI=1S/C14H17N5O2/c1-10(5-6-11-4-3-9-20-11)15-14-16-13(18-21-14)12-7-8-19(2)17-12/h3-4,7-10H,5-6H2,1-2H3,(H,15,16,18)/t10-/m0/s1. The molecule has 0 saturated carbocycles. The lowest BCUT2D eigenvalue weighted by molar-refractivity contribution is 0.425. The molecule has 0 fully saturated rings. The Kier molecular flexibility index (Phi) is 3.72. The maximum atomic E-state index is 5.31. The number of aryl methyl sites for hydroxylation is 2. The highest BCUT2D eigenvalue weighted by atomic mass is 16.5. The molecule has 3 heterocycles. The van der Waals surface area contributed by atoms with Crippen molar-refractivity contribution in [3.05, 3.63) is 36.4 Å². The van der Waals surface area contributed by atoms with Crippen molar-refractivity contribution in [1.29, 1.82) is 0 Å². The summed E-state index contributed by atoms with van der Waals surface area (Å²) in [5.74, 6) is 1.46. The molecule has 0 aliphatic heterocycles. The summed E-state index contributed by atoms with van der Waals surface area (Å²) in [5.41, 5.74) is 0.692. The Morgan fingerprint density at radius 2 is 2.29 bits per heavy atom. The molecule has 0 radical (unpaired) electrons. The first-order valence-corrected chi connectivity index (χ1v) is 6.83. The van der Waals surface area contributed by atoms with E-state index >= 15 is 0 Å². The van der Waals surface area contributed by atoms with Gasteiger partial charge in [0.15, 0.2) is 0 Å². The number of nitrogens with one attached hydrogen (secondary N) is 1. The first-order valence-electron chi connectivity index (χ1n) is 6.83. The highest BCUT2D eigenvalue weighted by Crippen LogP contribution is 2.16. The zero-order valence-electron chi connectivity index (χ0n) is 12.0. The largest absolute Gasteiger partial charge is 0.469 e. The van der Waals surface area contributed by atoms with Crippen LogP contribution in [0.4, 0.5) is 6.01 Å². The SMILES string of the molecule is C[C@@H](CCc1ccco1)Nc1nc(-c2ccn(C)n2)no1. The van der Waals surface area contributed by atoms with E-state index in [0.29, 0.717) is 17.5 Å². The van der Waals surface area contributed by atoms with Gasteiger partial charge in [0, 0.05) is 25.7 Å².